The Labute approximate surface area is 135 Å². The van der Waals surface area contributed by atoms with E-state index in [0.29, 0.717) is 0 Å². The molecule has 2 nitrogen and oxygen atoms in total. The minimum Gasteiger partial charge on any atom is -0.324 e. The molecular formula is C16H24BrClN2. The maximum absolute atomic E-state index is 6.29. The second-order valence-corrected chi connectivity index (χ2v) is 7.13. The first kappa shape index (κ1) is 16.3. The molecule has 2 rings (SSSR count). The molecule has 2 atom stereocenters. The average Bonchev–Trinajstić information content (AvgIpc) is 2.84. The summed E-state index contributed by atoms with van der Waals surface area (Å²) in [5.74, 6) is 0.896. The molecule has 1 aromatic rings. The number of nitrogens with zero attached hydrogens (tertiary/aromatic N) is 1. The first-order chi connectivity index (χ1) is 9.60. The zero-order valence-corrected chi connectivity index (χ0v) is 14.5. The third kappa shape index (κ3) is 4.45. The molecule has 1 aromatic carbocycles. The van der Waals surface area contributed by atoms with Gasteiger partial charge >= 0.3 is 0 Å². The van der Waals surface area contributed by atoms with Gasteiger partial charge in [-0.1, -0.05) is 46.9 Å². The number of halogens is 2. The van der Waals surface area contributed by atoms with E-state index in [9.17, 15) is 0 Å². The van der Waals surface area contributed by atoms with Crippen molar-refractivity contribution < 1.29 is 0 Å². The van der Waals surface area contributed by atoms with Crippen molar-refractivity contribution in [2.75, 3.05) is 19.6 Å². The third-order valence-electron chi connectivity index (χ3n) is 4.19. The van der Waals surface area contributed by atoms with Crippen LogP contribution in [-0.4, -0.2) is 24.5 Å². The minimum absolute atomic E-state index is 0.0285. The summed E-state index contributed by atoms with van der Waals surface area (Å²) in [5, 5.41) is 0.761. The molecule has 4 heteroatoms. The lowest BCUT2D eigenvalue weighted by Gasteiger charge is -2.20. The van der Waals surface area contributed by atoms with Crippen molar-refractivity contribution in [3.05, 3.63) is 33.3 Å². The van der Waals surface area contributed by atoms with Crippen LogP contribution >= 0.6 is 27.5 Å². The van der Waals surface area contributed by atoms with E-state index in [2.05, 4.69) is 27.8 Å². The standard InChI is InChI=1S/C16H24BrClN2/c1-2-3-12-6-8-20(11-12)9-7-16(19)14-5-4-13(17)10-15(14)18/h4-5,10,12,16H,2-3,6-9,11,19H2,1H3. The molecule has 20 heavy (non-hydrogen) atoms. The Balaban J connectivity index is 1.82. The van der Waals surface area contributed by atoms with Crippen LogP contribution in [0.4, 0.5) is 0 Å². The summed E-state index contributed by atoms with van der Waals surface area (Å²) >= 11 is 9.69. The Hall–Kier alpha value is -0.0900. The Kier molecular flexibility index (Phi) is 6.34. The molecule has 0 saturated carbocycles. The number of likely N-dealkylation sites (tertiary alicyclic amines) is 1. The molecule has 0 aromatic heterocycles. The molecule has 0 radical (unpaired) electrons. The third-order valence-corrected chi connectivity index (χ3v) is 5.01. The Bertz CT molecular complexity index is 438. The van der Waals surface area contributed by atoms with Crippen LogP contribution in [0.2, 0.25) is 5.02 Å². The predicted octanol–water partition coefficient (Wildman–Crippen LogP) is 4.61. The van der Waals surface area contributed by atoms with Crippen molar-refractivity contribution in [3.8, 4) is 0 Å². The summed E-state index contributed by atoms with van der Waals surface area (Å²) in [4.78, 5) is 2.55. The summed E-state index contributed by atoms with van der Waals surface area (Å²) < 4.78 is 1.00. The van der Waals surface area contributed by atoms with Gasteiger partial charge in [-0.2, -0.15) is 0 Å². The number of nitrogens with two attached hydrogens (primary N) is 1. The highest BCUT2D eigenvalue weighted by molar-refractivity contribution is 9.10. The van der Waals surface area contributed by atoms with Crippen molar-refractivity contribution in [1.82, 2.24) is 4.90 Å². The van der Waals surface area contributed by atoms with Crippen LogP contribution in [0.5, 0.6) is 0 Å². The summed E-state index contributed by atoms with van der Waals surface area (Å²) in [6, 6.07) is 5.99. The van der Waals surface area contributed by atoms with Gasteiger partial charge in [-0.25, -0.2) is 0 Å². The van der Waals surface area contributed by atoms with E-state index in [-0.39, 0.29) is 6.04 Å². The molecule has 0 aliphatic carbocycles. The van der Waals surface area contributed by atoms with E-state index in [1.165, 1.54) is 32.4 Å². The van der Waals surface area contributed by atoms with Crippen molar-refractivity contribution >= 4 is 27.5 Å². The summed E-state index contributed by atoms with van der Waals surface area (Å²) in [6.45, 7) is 5.82. The highest BCUT2D eigenvalue weighted by Crippen LogP contribution is 2.28. The van der Waals surface area contributed by atoms with Gasteiger partial charge in [0, 0.05) is 22.1 Å². The maximum Gasteiger partial charge on any atom is 0.0464 e. The van der Waals surface area contributed by atoms with Crippen LogP contribution in [-0.2, 0) is 0 Å². The molecule has 1 aliphatic rings. The molecule has 1 aliphatic heterocycles. The van der Waals surface area contributed by atoms with Gasteiger partial charge in [0.05, 0.1) is 0 Å². The largest absolute Gasteiger partial charge is 0.324 e. The fourth-order valence-corrected chi connectivity index (χ4v) is 3.85. The summed E-state index contributed by atoms with van der Waals surface area (Å²) in [7, 11) is 0. The first-order valence-electron chi connectivity index (χ1n) is 7.53. The number of rotatable bonds is 6. The van der Waals surface area contributed by atoms with Crippen molar-refractivity contribution in [2.24, 2.45) is 11.7 Å². The SMILES string of the molecule is CCCC1CCN(CCC(N)c2ccc(Br)cc2Cl)C1. The molecule has 1 heterocycles. The highest BCUT2D eigenvalue weighted by atomic mass is 79.9. The molecule has 2 N–H and O–H groups in total. The fraction of sp³-hybridized carbons (Fsp3) is 0.625. The van der Waals surface area contributed by atoms with E-state index >= 15 is 0 Å². The van der Waals surface area contributed by atoms with Crippen LogP contribution in [0.1, 0.15) is 44.2 Å². The topological polar surface area (TPSA) is 29.3 Å². The number of hydrogen-bond acceptors (Lipinski definition) is 2. The number of benzene rings is 1. The second-order valence-electron chi connectivity index (χ2n) is 5.80. The Morgan fingerprint density at radius 1 is 1.50 bits per heavy atom. The van der Waals surface area contributed by atoms with E-state index in [1.807, 2.05) is 18.2 Å². The quantitative estimate of drug-likeness (QED) is 0.803. The van der Waals surface area contributed by atoms with Gasteiger partial charge in [-0.15, -0.1) is 0 Å². The fourth-order valence-electron chi connectivity index (χ4n) is 3.04. The zero-order valence-electron chi connectivity index (χ0n) is 12.1. The van der Waals surface area contributed by atoms with Crippen molar-refractivity contribution in [2.45, 2.75) is 38.6 Å². The first-order valence-corrected chi connectivity index (χ1v) is 8.70. The summed E-state index contributed by atoms with van der Waals surface area (Å²) in [5.41, 5.74) is 7.35. The Morgan fingerprint density at radius 3 is 3.00 bits per heavy atom. The second kappa shape index (κ2) is 7.79. The van der Waals surface area contributed by atoms with E-state index in [1.54, 1.807) is 0 Å². The van der Waals surface area contributed by atoms with Gasteiger partial charge in [0.15, 0.2) is 0 Å². The molecule has 0 amide bonds. The lowest BCUT2D eigenvalue weighted by molar-refractivity contribution is 0.306. The van der Waals surface area contributed by atoms with Gasteiger partial charge in [0.25, 0.3) is 0 Å². The van der Waals surface area contributed by atoms with Gasteiger partial charge in [0.2, 0.25) is 0 Å². The number of hydrogen-bond donors (Lipinski definition) is 1. The minimum atomic E-state index is 0.0285. The van der Waals surface area contributed by atoms with Gasteiger partial charge in [0.1, 0.15) is 0 Å². The molecular weight excluding hydrogens is 336 g/mol. The van der Waals surface area contributed by atoms with Crippen LogP contribution in [0, 0.1) is 5.92 Å². The van der Waals surface area contributed by atoms with Crippen LogP contribution < -0.4 is 5.73 Å². The highest BCUT2D eigenvalue weighted by Gasteiger charge is 2.22. The summed E-state index contributed by atoms with van der Waals surface area (Å²) in [6.07, 6.45) is 4.98. The normalized spacial score (nSPS) is 21.3. The van der Waals surface area contributed by atoms with Crippen LogP contribution in [0.25, 0.3) is 0 Å². The van der Waals surface area contributed by atoms with E-state index < -0.39 is 0 Å². The average molecular weight is 360 g/mol. The van der Waals surface area contributed by atoms with E-state index in [4.69, 9.17) is 17.3 Å². The lowest BCUT2D eigenvalue weighted by Crippen LogP contribution is -2.25. The van der Waals surface area contributed by atoms with E-state index in [0.717, 1.165) is 33.9 Å². The van der Waals surface area contributed by atoms with Gasteiger partial charge in [-0.05, 0) is 56.0 Å². The zero-order chi connectivity index (χ0) is 14.5. The predicted molar refractivity (Wildman–Crippen MR) is 90.2 cm³/mol. The van der Waals surface area contributed by atoms with Gasteiger partial charge in [-0.3, -0.25) is 0 Å². The van der Waals surface area contributed by atoms with Crippen LogP contribution in [0.3, 0.4) is 0 Å². The van der Waals surface area contributed by atoms with Crippen molar-refractivity contribution in [1.29, 1.82) is 0 Å². The molecule has 0 bridgehead atoms. The maximum atomic E-state index is 6.29. The smallest absolute Gasteiger partial charge is 0.0464 e. The monoisotopic (exact) mass is 358 g/mol. The van der Waals surface area contributed by atoms with Gasteiger partial charge < -0.3 is 10.6 Å². The molecule has 1 fully saturated rings. The Morgan fingerprint density at radius 2 is 2.30 bits per heavy atom. The molecule has 2 unspecified atom stereocenters. The lowest BCUT2D eigenvalue weighted by atomic mass is 10.0. The van der Waals surface area contributed by atoms with Crippen molar-refractivity contribution in [3.63, 3.8) is 0 Å². The molecule has 0 spiro atoms. The van der Waals surface area contributed by atoms with Crippen LogP contribution in [0.15, 0.2) is 22.7 Å². The molecule has 112 valence electrons. The molecule has 1 saturated heterocycles.